The molecule has 0 unspecified atom stereocenters. The number of carbonyl (C=O) groups excluding carboxylic acids is 2. The van der Waals surface area contributed by atoms with Crippen molar-refractivity contribution in [2.75, 3.05) is 13.2 Å². The molecule has 102 valence electrons. The Morgan fingerprint density at radius 1 is 1.17 bits per heavy atom. The van der Waals surface area contributed by atoms with Crippen LogP contribution in [-0.2, 0) is 23.9 Å². The summed E-state index contributed by atoms with van der Waals surface area (Å²) in [5.41, 5.74) is -1.85. The highest BCUT2D eigenvalue weighted by molar-refractivity contribution is 6.03. The van der Waals surface area contributed by atoms with E-state index < -0.39 is 29.7 Å². The second kappa shape index (κ2) is 7.47. The first-order valence-corrected chi connectivity index (χ1v) is 5.61. The van der Waals surface area contributed by atoms with Gasteiger partial charge in [0.25, 0.3) is 0 Å². The van der Waals surface area contributed by atoms with Crippen molar-refractivity contribution in [3.8, 4) is 0 Å². The Bertz CT molecular complexity index is 315. The van der Waals surface area contributed by atoms with Gasteiger partial charge < -0.3 is 14.6 Å². The zero-order valence-corrected chi connectivity index (χ0v) is 10.6. The molecule has 0 rings (SSSR count). The summed E-state index contributed by atoms with van der Waals surface area (Å²) in [4.78, 5) is 34.6. The molecule has 0 bridgehead atoms. The Kier molecular flexibility index (Phi) is 6.70. The van der Waals surface area contributed by atoms with Crippen molar-refractivity contribution in [3.63, 3.8) is 0 Å². The van der Waals surface area contributed by atoms with Gasteiger partial charge in [-0.15, -0.1) is 6.58 Å². The Balaban J connectivity index is 5.38. The van der Waals surface area contributed by atoms with Crippen molar-refractivity contribution in [1.82, 2.24) is 0 Å². The Morgan fingerprint density at radius 3 is 1.89 bits per heavy atom. The topological polar surface area (TPSA) is 89.9 Å². The fraction of sp³-hybridized carbons (Fsp3) is 0.583. The predicted octanol–water partition coefficient (Wildman–Crippen LogP) is 1.15. The van der Waals surface area contributed by atoms with Gasteiger partial charge in [0.2, 0.25) is 0 Å². The maximum Gasteiger partial charge on any atom is 0.324 e. The van der Waals surface area contributed by atoms with Gasteiger partial charge >= 0.3 is 17.9 Å². The summed E-state index contributed by atoms with van der Waals surface area (Å²) in [6.45, 7) is 6.68. The van der Waals surface area contributed by atoms with E-state index in [2.05, 4.69) is 6.58 Å². The van der Waals surface area contributed by atoms with E-state index in [4.69, 9.17) is 14.6 Å². The first-order chi connectivity index (χ1) is 8.44. The van der Waals surface area contributed by atoms with Crippen molar-refractivity contribution in [3.05, 3.63) is 12.7 Å². The van der Waals surface area contributed by atoms with E-state index in [1.54, 1.807) is 13.8 Å². The SMILES string of the molecule is C=CCC(CC(=O)O)(C(=O)OCC)C(=O)OCC. The Morgan fingerprint density at radius 2 is 1.61 bits per heavy atom. The summed E-state index contributed by atoms with van der Waals surface area (Å²) in [6, 6.07) is 0. The third kappa shape index (κ3) is 3.87. The lowest BCUT2D eigenvalue weighted by atomic mass is 9.81. The maximum atomic E-state index is 11.9. The lowest BCUT2D eigenvalue weighted by Crippen LogP contribution is -2.43. The Hall–Kier alpha value is -1.85. The molecule has 0 heterocycles. The van der Waals surface area contributed by atoms with Crippen LogP contribution < -0.4 is 0 Å². The van der Waals surface area contributed by atoms with Crippen molar-refractivity contribution in [2.24, 2.45) is 5.41 Å². The molecule has 0 spiro atoms. The van der Waals surface area contributed by atoms with Gasteiger partial charge in [-0.2, -0.15) is 0 Å². The summed E-state index contributed by atoms with van der Waals surface area (Å²) in [6.07, 6.45) is 0.477. The first kappa shape index (κ1) is 16.1. The van der Waals surface area contributed by atoms with E-state index in [0.29, 0.717) is 0 Å². The van der Waals surface area contributed by atoms with Crippen LogP contribution in [0.5, 0.6) is 0 Å². The minimum Gasteiger partial charge on any atom is -0.481 e. The fourth-order valence-electron chi connectivity index (χ4n) is 1.51. The van der Waals surface area contributed by atoms with Crippen LogP contribution in [0.3, 0.4) is 0 Å². The van der Waals surface area contributed by atoms with Gasteiger partial charge in [-0.05, 0) is 20.3 Å². The normalized spacial score (nSPS) is 10.6. The summed E-state index contributed by atoms with van der Waals surface area (Å²) >= 11 is 0. The number of carbonyl (C=O) groups is 3. The molecule has 1 N–H and O–H groups in total. The van der Waals surface area contributed by atoms with E-state index in [1.807, 2.05) is 0 Å². The lowest BCUT2D eigenvalue weighted by molar-refractivity contribution is -0.175. The standard InChI is InChI=1S/C12H18O6/c1-4-7-12(8-9(13)14,10(15)17-5-2)11(16)18-6-3/h4H,1,5-8H2,2-3H3,(H,13,14). The maximum absolute atomic E-state index is 11.9. The van der Waals surface area contributed by atoms with Gasteiger partial charge in [-0.1, -0.05) is 6.08 Å². The number of carboxylic acids is 1. The van der Waals surface area contributed by atoms with Gasteiger partial charge in [-0.25, -0.2) is 0 Å². The highest BCUT2D eigenvalue weighted by Crippen LogP contribution is 2.31. The minimum atomic E-state index is -1.85. The number of ether oxygens (including phenoxy) is 2. The highest BCUT2D eigenvalue weighted by Gasteiger charge is 2.49. The summed E-state index contributed by atoms with van der Waals surface area (Å²) < 4.78 is 9.55. The highest BCUT2D eigenvalue weighted by atomic mass is 16.6. The van der Waals surface area contributed by atoms with E-state index in [1.165, 1.54) is 6.08 Å². The van der Waals surface area contributed by atoms with Crippen LogP contribution in [0.2, 0.25) is 0 Å². The molecule has 0 saturated heterocycles. The van der Waals surface area contributed by atoms with E-state index >= 15 is 0 Å². The summed E-state index contributed by atoms with van der Waals surface area (Å²) in [7, 11) is 0. The molecule has 0 amide bonds. The molecule has 0 aliphatic heterocycles. The van der Waals surface area contributed by atoms with E-state index in [9.17, 15) is 14.4 Å². The third-order valence-electron chi connectivity index (χ3n) is 2.28. The molecule has 0 fully saturated rings. The fourth-order valence-corrected chi connectivity index (χ4v) is 1.51. The zero-order valence-electron chi connectivity index (χ0n) is 10.6. The number of carboxylic acid groups (broad SMARTS) is 1. The van der Waals surface area contributed by atoms with Gasteiger partial charge in [-0.3, -0.25) is 14.4 Å². The summed E-state index contributed by atoms with van der Waals surface area (Å²) in [5.74, 6) is -3.07. The molecule has 0 aromatic heterocycles. The van der Waals surface area contributed by atoms with Gasteiger partial charge in [0, 0.05) is 0 Å². The van der Waals surface area contributed by atoms with Crippen LogP contribution >= 0.6 is 0 Å². The van der Waals surface area contributed by atoms with Crippen LogP contribution in [0.15, 0.2) is 12.7 Å². The number of hydrogen-bond donors (Lipinski definition) is 1. The Labute approximate surface area is 106 Å². The van der Waals surface area contributed by atoms with Crippen LogP contribution in [0.4, 0.5) is 0 Å². The molecular weight excluding hydrogens is 240 g/mol. The van der Waals surface area contributed by atoms with Crippen molar-refractivity contribution >= 4 is 17.9 Å². The molecule has 6 nitrogen and oxygen atoms in total. The zero-order chi connectivity index (χ0) is 14.2. The van der Waals surface area contributed by atoms with Crippen molar-refractivity contribution in [2.45, 2.75) is 26.7 Å². The van der Waals surface area contributed by atoms with E-state index in [0.717, 1.165) is 0 Å². The molecule has 0 aliphatic carbocycles. The quantitative estimate of drug-likeness (QED) is 0.399. The minimum absolute atomic E-state index is 0.0523. The smallest absolute Gasteiger partial charge is 0.324 e. The number of aliphatic carboxylic acids is 1. The average Bonchev–Trinajstić information content (AvgIpc) is 2.28. The van der Waals surface area contributed by atoms with Gasteiger partial charge in [0.15, 0.2) is 5.41 Å². The number of esters is 2. The molecule has 6 heteroatoms. The van der Waals surface area contributed by atoms with E-state index in [-0.39, 0.29) is 19.6 Å². The van der Waals surface area contributed by atoms with Crippen LogP contribution in [0, 0.1) is 5.41 Å². The number of hydrogen-bond acceptors (Lipinski definition) is 5. The van der Waals surface area contributed by atoms with Crippen LogP contribution in [-0.4, -0.2) is 36.2 Å². The molecule has 0 aromatic rings. The monoisotopic (exact) mass is 258 g/mol. The first-order valence-electron chi connectivity index (χ1n) is 5.61. The number of rotatable bonds is 8. The molecular formula is C12H18O6. The van der Waals surface area contributed by atoms with Gasteiger partial charge in [0.05, 0.1) is 19.6 Å². The van der Waals surface area contributed by atoms with Crippen molar-refractivity contribution < 1.29 is 29.0 Å². The second-order valence-corrected chi connectivity index (χ2v) is 3.59. The molecule has 0 saturated carbocycles. The molecule has 0 atom stereocenters. The van der Waals surface area contributed by atoms with Gasteiger partial charge in [0.1, 0.15) is 0 Å². The molecule has 0 aromatic carbocycles. The number of allylic oxidation sites excluding steroid dienone is 1. The summed E-state index contributed by atoms with van der Waals surface area (Å²) in [5, 5.41) is 8.86. The second-order valence-electron chi connectivity index (χ2n) is 3.59. The van der Waals surface area contributed by atoms with Crippen molar-refractivity contribution in [1.29, 1.82) is 0 Å². The molecule has 0 aliphatic rings. The van der Waals surface area contributed by atoms with Crippen LogP contribution in [0.25, 0.3) is 0 Å². The van der Waals surface area contributed by atoms with Crippen LogP contribution in [0.1, 0.15) is 26.7 Å². The predicted molar refractivity (Wildman–Crippen MR) is 62.8 cm³/mol. The molecule has 18 heavy (non-hydrogen) atoms. The third-order valence-corrected chi connectivity index (χ3v) is 2.28. The molecule has 0 radical (unpaired) electrons. The lowest BCUT2D eigenvalue weighted by Gasteiger charge is -2.26. The average molecular weight is 258 g/mol. The largest absolute Gasteiger partial charge is 0.481 e.